The van der Waals surface area contributed by atoms with Crippen molar-refractivity contribution in [2.75, 3.05) is 0 Å². The van der Waals surface area contributed by atoms with E-state index in [2.05, 4.69) is 4.99 Å². The minimum absolute atomic E-state index is 0.750. The number of rotatable bonds is 1. The zero-order valence-corrected chi connectivity index (χ0v) is 5.39. The minimum atomic E-state index is -1.81. The molecule has 58 valence electrons. The summed E-state index contributed by atoms with van der Waals surface area (Å²) in [7, 11) is -1.81. The van der Waals surface area contributed by atoms with Gasteiger partial charge in [0.1, 0.15) is 5.82 Å². The third kappa shape index (κ3) is 1.63. The van der Waals surface area contributed by atoms with Crippen LogP contribution < -0.4 is 5.32 Å². The van der Waals surface area contributed by atoms with Crippen molar-refractivity contribution >= 4 is 25.3 Å². The highest BCUT2D eigenvalue weighted by molar-refractivity contribution is 6.55. The van der Waals surface area contributed by atoms with E-state index in [0.717, 1.165) is 6.21 Å². The Morgan fingerprint density at radius 2 is 2.18 bits per heavy atom. The SMILES string of the molecule is O=C1N=CC(B(O)O)C(=O)N1. The lowest BCUT2D eigenvalue weighted by molar-refractivity contribution is -0.119. The van der Waals surface area contributed by atoms with Crippen LogP contribution in [0.5, 0.6) is 0 Å². The number of nitrogens with one attached hydrogen (secondary N) is 1. The van der Waals surface area contributed by atoms with Crippen LogP contribution in [0.2, 0.25) is 5.82 Å². The Morgan fingerprint density at radius 1 is 1.55 bits per heavy atom. The number of nitrogens with zero attached hydrogens (tertiary/aromatic N) is 1. The second kappa shape index (κ2) is 2.81. The number of aliphatic imine (C=N–C) groups is 1. The molecule has 0 saturated carbocycles. The molecule has 7 heteroatoms. The predicted molar refractivity (Wildman–Crippen MR) is 36.0 cm³/mol. The van der Waals surface area contributed by atoms with E-state index in [-0.39, 0.29) is 0 Å². The molecule has 0 aromatic rings. The maximum Gasteiger partial charge on any atom is 0.470 e. The Balaban J connectivity index is 2.76. The van der Waals surface area contributed by atoms with Crippen LogP contribution in [0.3, 0.4) is 0 Å². The van der Waals surface area contributed by atoms with E-state index >= 15 is 0 Å². The van der Waals surface area contributed by atoms with Crippen LogP contribution in [-0.2, 0) is 4.79 Å². The van der Waals surface area contributed by atoms with Crippen LogP contribution in [0.4, 0.5) is 4.79 Å². The molecule has 0 radical (unpaired) electrons. The zero-order valence-electron chi connectivity index (χ0n) is 5.39. The van der Waals surface area contributed by atoms with Gasteiger partial charge in [-0.15, -0.1) is 0 Å². The lowest BCUT2D eigenvalue weighted by atomic mass is 9.72. The molecule has 0 bridgehead atoms. The molecular formula is C4H5BN2O4. The molecule has 1 atom stereocenters. The van der Waals surface area contributed by atoms with Crippen molar-refractivity contribution in [1.29, 1.82) is 0 Å². The molecule has 0 saturated heterocycles. The second-order valence-corrected chi connectivity index (χ2v) is 2.01. The van der Waals surface area contributed by atoms with Crippen LogP contribution in [0, 0.1) is 0 Å². The van der Waals surface area contributed by atoms with Gasteiger partial charge in [0, 0.05) is 6.21 Å². The Labute approximate surface area is 62.1 Å². The first kappa shape index (κ1) is 7.90. The fourth-order valence-electron chi connectivity index (χ4n) is 0.649. The van der Waals surface area contributed by atoms with E-state index in [4.69, 9.17) is 10.0 Å². The summed E-state index contributed by atoms with van der Waals surface area (Å²) in [6.45, 7) is 0. The molecule has 1 heterocycles. The first-order chi connectivity index (χ1) is 5.11. The van der Waals surface area contributed by atoms with E-state index in [1.807, 2.05) is 5.32 Å². The maximum atomic E-state index is 10.7. The van der Waals surface area contributed by atoms with Gasteiger partial charge < -0.3 is 10.0 Å². The van der Waals surface area contributed by atoms with Crippen molar-refractivity contribution in [3.05, 3.63) is 0 Å². The zero-order chi connectivity index (χ0) is 8.43. The second-order valence-electron chi connectivity index (χ2n) is 2.01. The van der Waals surface area contributed by atoms with Gasteiger partial charge in [-0.25, -0.2) is 9.79 Å². The highest BCUT2D eigenvalue weighted by Gasteiger charge is 2.32. The number of carbonyl (C=O) groups excluding carboxylic acids is 2. The van der Waals surface area contributed by atoms with Crippen molar-refractivity contribution in [2.24, 2.45) is 4.99 Å². The van der Waals surface area contributed by atoms with E-state index in [1.54, 1.807) is 0 Å². The number of urea groups is 1. The lowest BCUT2D eigenvalue weighted by Crippen LogP contribution is -2.42. The highest BCUT2D eigenvalue weighted by Crippen LogP contribution is 2.06. The predicted octanol–water partition coefficient (Wildman–Crippen LogP) is -1.85. The number of hydrogen-bond donors (Lipinski definition) is 3. The fourth-order valence-corrected chi connectivity index (χ4v) is 0.649. The standard InChI is InChI=1S/C4H5BN2O4/c8-3-2(5(10)11)1-6-4(9)7-3/h1-2,10-11H,(H,7,8,9). The van der Waals surface area contributed by atoms with Gasteiger partial charge in [0.05, 0.1) is 0 Å². The van der Waals surface area contributed by atoms with Crippen LogP contribution in [0.15, 0.2) is 4.99 Å². The van der Waals surface area contributed by atoms with E-state index < -0.39 is 24.9 Å². The van der Waals surface area contributed by atoms with Gasteiger partial charge in [0.15, 0.2) is 0 Å². The number of hydrogen-bond acceptors (Lipinski definition) is 4. The van der Waals surface area contributed by atoms with Crippen LogP contribution >= 0.6 is 0 Å². The highest BCUT2D eigenvalue weighted by atomic mass is 16.4. The maximum absolute atomic E-state index is 10.7. The smallest absolute Gasteiger partial charge is 0.426 e. The van der Waals surface area contributed by atoms with Crippen molar-refractivity contribution in [1.82, 2.24) is 5.32 Å². The Bertz CT molecular complexity index is 226. The van der Waals surface area contributed by atoms with Gasteiger partial charge in [-0.3, -0.25) is 10.1 Å². The van der Waals surface area contributed by atoms with Crippen LogP contribution in [0.25, 0.3) is 0 Å². The summed E-state index contributed by atoms with van der Waals surface area (Å²) in [6.07, 6.45) is 0.909. The third-order valence-corrected chi connectivity index (χ3v) is 1.21. The molecule has 3 N–H and O–H groups in total. The normalized spacial score (nSPS) is 23.3. The van der Waals surface area contributed by atoms with Crippen molar-refractivity contribution in [3.8, 4) is 0 Å². The summed E-state index contributed by atoms with van der Waals surface area (Å²) in [5, 5.41) is 18.9. The Hall–Kier alpha value is -1.21. The lowest BCUT2D eigenvalue weighted by Gasteiger charge is -2.12. The Morgan fingerprint density at radius 3 is 2.64 bits per heavy atom. The topological polar surface area (TPSA) is 99.0 Å². The van der Waals surface area contributed by atoms with Gasteiger partial charge in [0.2, 0.25) is 5.91 Å². The average molecular weight is 156 g/mol. The van der Waals surface area contributed by atoms with E-state index in [9.17, 15) is 9.59 Å². The van der Waals surface area contributed by atoms with Gasteiger partial charge in [0.25, 0.3) is 0 Å². The van der Waals surface area contributed by atoms with Crippen LogP contribution in [0.1, 0.15) is 0 Å². The molecule has 1 aliphatic heterocycles. The first-order valence-corrected chi connectivity index (χ1v) is 2.86. The minimum Gasteiger partial charge on any atom is -0.426 e. The third-order valence-electron chi connectivity index (χ3n) is 1.21. The first-order valence-electron chi connectivity index (χ1n) is 2.86. The fraction of sp³-hybridized carbons (Fsp3) is 0.250. The van der Waals surface area contributed by atoms with Gasteiger partial charge in [-0.1, -0.05) is 0 Å². The molecule has 6 nitrogen and oxygen atoms in total. The van der Waals surface area contributed by atoms with Crippen LogP contribution in [-0.4, -0.2) is 35.3 Å². The summed E-state index contributed by atoms with van der Waals surface area (Å²) >= 11 is 0. The molecule has 0 fully saturated rings. The molecule has 0 aromatic heterocycles. The molecule has 1 unspecified atom stereocenters. The van der Waals surface area contributed by atoms with E-state index in [0.29, 0.717) is 0 Å². The van der Waals surface area contributed by atoms with Gasteiger partial charge in [-0.2, -0.15) is 0 Å². The molecule has 1 rings (SSSR count). The molecule has 1 aliphatic rings. The summed E-state index contributed by atoms with van der Waals surface area (Å²) in [5.41, 5.74) is 0. The summed E-state index contributed by atoms with van der Waals surface area (Å²) < 4.78 is 0. The monoisotopic (exact) mass is 156 g/mol. The molecule has 0 spiro atoms. The Kier molecular flexibility index (Phi) is 2.02. The molecular weight excluding hydrogens is 151 g/mol. The van der Waals surface area contributed by atoms with Gasteiger partial charge >= 0.3 is 13.1 Å². The quantitative estimate of drug-likeness (QED) is 0.388. The molecule has 11 heavy (non-hydrogen) atoms. The number of carbonyl (C=O) groups is 2. The molecule has 0 aliphatic carbocycles. The molecule has 3 amide bonds. The van der Waals surface area contributed by atoms with Gasteiger partial charge in [-0.05, 0) is 0 Å². The molecule has 0 aromatic carbocycles. The summed E-state index contributed by atoms with van der Waals surface area (Å²) in [4.78, 5) is 24.2. The number of amides is 3. The summed E-state index contributed by atoms with van der Waals surface area (Å²) in [5.74, 6) is -1.90. The largest absolute Gasteiger partial charge is 0.470 e. The van der Waals surface area contributed by atoms with Crippen molar-refractivity contribution in [2.45, 2.75) is 5.82 Å². The number of imide groups is 1. The van der Waals surface area contributed by atoms with Crippen molar-refractivity contribution in [3.63, 3.8) is 0 Å². The van der Waals surface area contributed by atoms with Crippen molar-refractivity contribution < 1.29 is 19.6 Å². The summed E-state index contributed by atoms with van der Waals surface area (Å²) in [6, 6.07) is -0.785. The average Bonchev–Trinajstić information content (AvgIpc) is 1.85. The van der Waals surface area contributed by atoms with E-state index in [1.165, 1.54) is 0 Å².